The van der Waals surface area contributed by atoms with Gasteiger partial charge in [0, 0.05) is 18.8 Å². The molecule has 0 radical (unpaired) electrons. The number of rotatable bonds is 6. The minimum absolute atomic E-state index is 0.129. The summed E-state index contributed by atoms with van der Waals surface area (Å²) in [7, 11) is 0. The van der Waals surface area contributed by atoms with E-state index in [4.69, 9.17) is 9.47 Å². The van der Waals surface area contributed by atoms with Gasteiger partial charge >= 0.3 is 0 Å². The van der Waals surface area contributed by atoms with Gasteiger partial charge in [-0.15, -0.1) is 0 Å². The van der Waals surface area contributed by atoms with Gasteiger partial charge in [-0.1, -0.05) is 17.3 Å². The highest BCUT2D eigenvalue weighted by atomic mass is 16.6. The highest BCUT2D eigenvalue weighted by Crippen LogP contribution is 2.21. The van der Waals surface area contributed by atoms with E-state index >= 15 is 0 Å². The van der Waals surface area contributed by atoms with E-state index in [0.29, 0.717) is 43.5 Å². The van der Waals surface area contributed by atoms with Crippen molar-refractivity contribution in [3.8, 4) is 5.88 Å². The molecule has 0 spiro atoms. The Morgan fingerprint density at radius 3 is 2.83 bits per heavy atom. The molecule has 0 saturated carbocycles. The molecule has 8 nitrogen and oxygen atoms in total. The van der Waals surface area contributed by atoms with Crippen LogP contribution >= 0.6 is 0 Å². The van der Waals surface area contributed by atoms with Crippen LogP contribution in [0.3, 0.4) is 0 Å². The smallest absolute Gasteiger partial charge is 0.278 e. The summed E-state index contributed by atoms with van der Waals surface area (Å²) in [4.78, 5) is 14.6. The Kier molecular flexibility index (Phi) is 5.27. The van der Waals surface area contributed by atoms with Crippen LogP contribution in [0.2, 0.25) is 0 Å². The minimum Gasteiger partial charge on any atom is -0.472 e. The number of hydrogen-bond acceptors (Lipinski definition) is 7. The second-order valence-electron chi connectivity index (χ2n) is 5.38. The molecule has 0 aliphatic carbocycles. The van der Waals surface area contributed by atoms with Crippen LogP contribution in [0.5, 0.6) is 5.88 Å². The van der Waals surface area contributed by atoms with E-state index < -0.39 is 0 Å². The summed E-state index contributed by atoms with van der Waals surface area (Å²) in [5.41, 5.74) is 2.16. The fourth-order valence-electron chi connectivity index (χ4n) is 2.51. The zero-order valence-corrected chi connectivity index (χ0v) is 13.5. The molecule has 3 rings (SSSR count). The predicted molar refractivity (Wildman–Crippen MR) is 86.3 cm³/mol. The largest absolute Gasteiger partial charge is 0.472 e. The maximum Gasteiger partial charge on any atom is 0.278 e. The third-order valence-electron chi connectivity index (χ3n) is 3.74. The first kappa shape index (κ1) is 16.3. The lowest BCUT2D eigenvalue weighted by molar-refractivity contribution is 0.0944. The van der Waals surface area contributed by atoms with Crippen LogP contribution in [0.1, 0.15) is 16.1 Å². The number of ether oxygens (including phenoxy) is 2. The van der Waals surface area contributed by atoms with Crippen molar-refractivity contribution in [2.75, 3.05) is 44.4 Å². The predicted octanol–water partition coefficient (Wildman–Crippen LogP) is 1.02. The maximum absolute atomic E-state index is 12.5. The Balaban J connectivity index is 1.55. The number of carbonyl (C=O) groups excluding carboxylic acids is 1. The number of benzene rings is 1. The molecule has 2 aromatic rings. The number of anilines is 1. The molecule has 0 unspecified atom stereocenters. The van der Waals surface area contributed by atoms with Gasteiger partial charge in [0.15, 0.2) is 0 Å². The third kappa shape index (κ3) is 3.83. The van der Waals surface area contributed by atoms with Crippen molar-refractivity contribution in [3.05, 3.63) is 35.5 Å². The van der Waals surface area contributed by atoms with Gasteiger partial charge in [0.1, 0.15) is 12.3 Å². The second kappa shape index (κ2) is 7.78. The van der Waals surface area contributed by atoms with E-state index in [9.17, 15) is 4.79 Å². The van der Waals surface area contributed by atoms with Crippen LogP contribution in [0.15, 0.2) is 28.9 Å². The summed E-state index contributed by atoms with van der Waals surface area (Å²) >= 11 is 0. The lowest BCUT2D eigenvalue weighted by Gasteiger charge is -2.30. The molecule has 0 bridgehead atoms. The Labute approximate surface area is 139 Å². The fourth-order valence-corrected chi connectivity index (χ4v) is 2.51. The van der Waals surface area contributed by atoms with E-state index in [-0.39, 0.29) is 5.91 Å². The van der Waals surface area contributed by atoms with Crippen LogP contribution in [-0.2, 0) is 4.74 Å². The van der Waals surface area contributed by atoms with E-state index in [0.717, 1.165) is 18.8 Å². The number of amides is 1. The lowest BCUT2D eigenvalue weighted by Crippen LogP contribution is -2.38. The summed E-state index contributed by atoms with van der Waals surface area (Å²) in [6.07, 6.45) is 0. The molecule has 1 saturated heterocycles. The summed E-state index contributed by atoms with van der Waals surface area (Å²) < 4.78 is 15.3. The van der Waals surface area contributed by atoms with Gasteiger partial charge in [-0.2, -0.15) is 0 Å². The molecule has 1 aromatic heterocycles. The van der Waals surface area contributed by atoms with Crippen molar-refractivity contribution < 1.29 is 18.9 Å². The van der Waals surface area contributed by atoms with Gasteiger partial charge in [-0.3, -0.25) is 4.79 Å². The molecule has 24 heavy (non-hydrogen) atoms. The van der Waals surface area contributed by atoms with Crippen LogP contribution in [0.4, 0.5) is 5.69 Å². The number of nitrogens with zero attached hydrogens (tertiary/aromatic N) is 3. The van der Waals surface area contributed by atoms with E-state index in [2.05, 4.69) is 25.2 Å². The zero-order valence-electron chi connectivity index (χ0n) is 13.5. The molecule has 1 N–H and O–H groups in total. The van der Waals surface area contributed by atoms with E-state index in [1.165, 1.54) is 0 Å². The first-order valence-corrected chi connectivity index (χ1v) is 7.87. The van der Waals surface area contributed by atoms with Crippen molar-refractivity contribution in [1.29, 1.82) is 0 Å². The number of aryl methyl sites for hydroxylation is 1. The molecule has 0 atom stereocenters. The standard InChI is InChI=1S/C16H20N4O4/c1-12-16(19-24-18-12)23-9-6-17-15(21)13-4-2-3-5-14(13)20-7-10-22-11-8-20/h2-5H,6-11H2,1H3,(H,17,21). The van der Waals surface area contributed by atoms with Gasteiger partial charge in [0.2, 0.25) is 0 Å². The van der Waals surface area contributed by atoms with Crippen molar-refractivity contribution in [3.63, 3.8) is 0 Å². The molecule has 1 aliphatic rings. The van der Waals surface area contributed by atoms with Gasteiger partial charge in [-0.05, 0) is 24.2 Å². The van der Waals surface area contributed by atoms with Crippen LogP contribution in [-0.4, -0.2) is 55.7 Å². The lowest BCUT2D eigenvalue weighted by atomic mass is 10.1. The Morgan fingerprint density at radius 1 is 1.29 bits per heavy atom. The molecular formula is C16H20N4O4. The molecule has 8 heteroatoms. The Bertz CT molecular complexity index is 682. The molecule has 1 amide bonds. The minimum atomic E-state index is -0.129. The Hall–Kier alpha value is -2.61. The topological polar surface area (TPSA) is 89.7 Å². The SMILES string of the molecule is Cc1nonc1OCCNC(=O)c1ccccc1N1CCOCC1. The number of hydrogen-bond donors (Lipinski definition) is 1. The highest BCUT2D eigenvalue weighted by Gasteiger charge is 2.18. The molecule has 1 aliphatic heterocycles. The Morgan fingerprint density at radius 2 is 2.08 bits per heavy atom. The first-order chi connectivity index (χ1) is 11.8. The third-order valence-corrected chi connectivity index (χ3v) is 3.74. The van der Waals surface area contributed by atoms with E-state index in [1.807, 2.05) is 24.3 Å². The average molecular weight is 332 g/mol. The van der Waals surface area contributed by atoms with Gasteiger partial charge in [0.05, 0.1) is 25.3 Å². The average Bonchev–Trinajstić information content (AvgIpc) is 3.04. The number of para-hydroxylation sites is 1. The number of nitrogens with one attached hydrogen (secondary N) is 1. The fraction of sp³-hybridized carbons (Fsp3) is 0.438. The summed E-state index contributed by atoms with van der Waals surface area (Å²) in [6.45, 7) is 5.31. The first-order valence-electron chi connectivity index (χ1n) is 7.87. The van der Waals surface area contributed by atoms with Crippen LogP contribution in [0.25, 0.3) is 0 Å². The van der Waals surface area contributed by atoms with Gasteiger partial charge < -0.3 is 19.7 Å². The van der Waals surface area contributed by atoms with Crippen molar-refractivity contribution in [2.24, 2.45) is 0 Å². The summed E-state index contributed by atoms with van der Waals surface area (Å²) in [6, 6.07) is 7.58. The van der Waals surface area contributed by atoms with Gasteiger partial charge in [-0.25, -0.2) is 4.63 Å². The second-order valence-corrected chi connectivity index (χ2v) is 5.38. The normalized spacial score (nSPS) is 14.5. The number of aromatic nitrogens is 2. The number of carbonyl (C=O) groups is 1. The summed E-state index contributed by atoms with van der Waals surface area (Å²) in [5, 5.41) is 10.1. The monoisotopic (exact) mass is 332 g/mol. The van der Waals surface area contributed by atoms with Gasteiger partial charge in [0.25, 0.3) is 11.8 Å². The van der Waals surface area contributed by atoms with Crippen molar-refractivity contribution in [2.45, 2.75) is 6.92 Å². The molecule has 1 aromatic carbocycles. The quantitative estimate of drug-likeness (QED) is 0.790. The molecule has 128 valence electrons. The summed E-state index contributed by atoms with van der Waals surface area (Å²) in [5.74, 6) is 0.216. The van der Waals surface area contributed by atoms with Crippen LogP contribution in [0, 0.1) is 6.92 Å². The highest BCUT2D eigenvalue weighted by molar-refractivity contribution is 5.99. The number of morpholine rings is 1. The van der Waals surface area contributed by atoms with E-state index in [1.54, 1.807) is 6.92 Å². The zero-order chi connectivity index (χ0) is 16.8. The van der Waals surface area contributed by atoms with Crippen LogP contribution < -0.4 is 15.0 Å². The molecule has 1 fully saturated rings. The molecular weight excluding hydrogens is 312 g/mol. The molecule has 2 heterocycles. The van der Waals surface area contributed by atoms with Crippen molar-refractivity contribution >= 4 is 11.6 Å². The maximum atomic E-state index is 12.5. The van der Waals surface area contributed by atoms with Crippen molar-refractivity contribution in [1.82, 2.24) is 15.6 Å².